The first-order valence-corrected chi connectivity index (χ1v) is 13.8. The van der Waals surface area contributed by atoms with Crippen molar-refractivity contribution in [1.82, 2.24) is 4.57 Å². The third-order valence-electron chi connectivity index (χ3n) is 6.56. The third kappa shape index (κ3) is 5.33. The van der Waals surface area contributed by atoms with E-state index in [1.54, 1.807) is 38.1 Å². The summed E-state index contributed by atoms with van der Waals surface area (Å²) in [6, 6.07) is 14.4. The first-order valence-electron chi connectivity index (χ1n) is 12.6. The number of furan rings is 1. The number of nitrogens with zero attached hydrogens (tertiary/aromatic N) is 4. The van der Waals surface area contributed by atoms with Gasteiger partial charge in [0.2, 0.25) is 0 Å². The van der Waals surface area contributed by atoms with Crippen molar-refractivity contribution in [2.45, 2.75) is 19.9 Å². The Bertz CT molecular complexity index is 1880. The number of anilines is 1. The first-order chi connectivity index (χ1) is 19.6. The van der Waals surface area contributed by atoms with Crippen LogP contribution < -0.4 is 19.8 Å². The zero-order chi connectivity index (χ0) is 29.4. The monoisotopic (exact) mass is 592 g/mol. The Kier molecular flexibility index (Phi) is 7.65. The number of esters is 1. The van der Waals surface area contributed by atoms with Crippen molar-refractivity contribution < 1.29 is 18.9 Å². The largest absolute Gasteiger partial charge is 0.463 e. The molecule has 1 unspecified atom stereocenters. The van der Waals surface area contributed by atoms with Crippen molar-refractivity contribution in [1.29, 1.82) is 0 Å². The number of thiazole rings is 1. The summed E-state index contributed by atoms with van der Waals surface area (Å²) in [6.45, 7) is 3.63. The number of hydrogen-bond donors (Lipinski definition) is 0. The highest BCUT2D eigenvalue weighted by Crippen LogP contribution is 2.34. The smallest absolute Gasteiger partial charge is 0.338 e. The summed E-state index contributed by atoms with van der Waals surface area (Å²) in [4.78, 5) is 44.9. The molecule has 1 aliphatic rings. The second-order valence-electron chi connectivity index (χ2n) is 9.41. The lowest BCUT2D eigenvalue weighted by Gasteiger charge is -2.25. The second kappa shape index (κ2) is 11.2. The summed E-state index contributed by atoms with van der Waals surface area (Å²) in [5, 5.41) is 11.8. The molecule has 0 fully saturated rings. The van der Waals surface area contributed by atoms with Crippen molar-refractivity contribution in [2.75, 3.05) is 25.6 Å². The van der Waals surface area contributed by atoms with Gasteiger partial charge in [-0.2, -0.15) is 0 Å². The Hall–Kier alpha value is -4.48. The van der Waals surface area contributed by atoms with E-state index in [0.29, 0.717) is 26.4 Å². The Balaban J connectivity index is 1.63. The zero-order valence-electron chi connectivity index (χ0n) is 22.6. The van der Waals surface area contributed by atoms with Crippen LogP contribution in [0.1, 0.15) is 31.2 Å². The normalized spacial score (nSPS) is 15.0. The number of halogens is 1. The van der Waals surface area contributed by atoms with E-state index < -0.39 is 16.9 Å². The van der Waals surface area contributed by atoms with E-state index in [4.69, 9.17) is 20.8 Å². The molecule has 5 rings (SSSR count). The number of nitro groups is 1. The number of aromatic nitrogens is 1. The van der Waals surface area contributed by atoms with Crippen LogP contribution in [0.3, 0.4) is 0 Å². The minimum Gasteiger partial charge on any atom is -0.463 e. The van der Waals surface area contributed by atoms with Gasteiger partial charge in [0.1, 0.15) is 11.5 Å². The topological polar surface area (TPSA) is 120 Å². The van der Waals surface area contributed by atoms with Gasteiger partial charge < -0.3 is 14.1 Å². The van der Waals surface area contributed by atoms with Crippen LogP contribution in [0.4, 0.5) is 11.4 Å². The van der Waals surface area contributed by atoms with Crippen LogP contribution in [0.15, 0.2) is 80.1 Å². The highest BCUT2D eigenvalue weighted by Gasteiger charge is 2.33. The lowest BCUT2D eigenvalue weighted by atomic mass is 9.95. The second-order valence-corrected chi connectivity index (χ2v) is 10.9. The van der Waals surface area contributed by atoms with E-state index in [9.17, 15) is 19.7 Å². The first kappa shape index (κ1) is 28.1. The van der Waals surface area contributed by atoms with Crippen LogP contribution in [-0.4, -0.2) is 36.2 Å². The van der Waals surface area contributed by atoms with Crippen molar-refractivity contribution >= 4 is 46.4 Å². The van der Waals surface area contributed by atoms with Crippen molar-refractivity contribution in [2.24, 2.45) is 4.99 Å². The molecule has 12 heteroatoms. The van der Waals surface area contributed by atoms with Gasteiger partial charge in [-0.25, -0.2) is 9.79 Å². The van der Waals surface area contributed by atoms with Gasteiger partial charge in [-0.15, -0.1) is 0 Å². The quantitative estimate of drug-likeness (QED) is 0.173. The summed E-state index contributed by atoms with van der Waals surface area (Å²) >= 11 is 7.10. The summed E-state index contributed by atoms with van der Waals surface area (Å²) in [5.74, 6) is 0.0411. The van der Waals surface area contributed by atoms with Gasteiger partial charge in [-0.3, -0.25) is 19.5 Å². The molecule has 0 aliphatic carbocycles. The molecule has 10 nitrogen and oxygen atoms in total. The lowest BCUT2D eigenvalue weighted by Crippen LogP contribution is -2.39. The molecular weight excluding hydrogens is 568 g/mol. The van der Waals surface area contributed by atoms with Crippen LogP contribution >= 0.6 is 22.9 Å². The Labute approximate surface area is 243 Å². The minimum absolute atomic E-state index is 0.179. The molecule has 41 heavy (non-hydrogen) atoms. The summed E-state index contributed by atoms with van der Waals surface area (Å²) in [5.41, 5.74) is 2.16. The van der Waals surface area contributed by atoms with Gasteiger partial charge in [0.25, 0.3) is 11.2 Å². The molecule has 0 saturated carbocycles. The van der Waals surface area contributed by atoms with Gasteiger partial charge in [-0.05, 0) is 55.8 Å². The molecule has 210 valence electrons. The maximum Gasteiger partial charge on any atom is 0.338 e. The fourth-order valence-electron chi connectivity index (χ4n) is 4.63. The molecule has 2 aromatic carbocycles. The minimum atomic E-state index is -0.743. The molecule has 3 heterocycles. The van der Waals surface area contributed by atoms with E-state index in [0.717, 1.165) is 22.6 Å². The zero-order valence-corrected chi connectivity index (χ0v) is 24.2. The molecule has 0 saturated heterocycles. The summed E-state index contributed by atoms with van der Waals surface area (Å²) < 4.78 is 13.0. The number of fused-ring (bicyclic) bond motifs is 1. The average Bonchev–Trinajstić information content (AvgIpc) is 3.52. The van der Waals surface area contributed by atoms with Crippen molar-refractivity contribution in [3.63, 3.8) is 0 Å². The Morgan fingerprint density at radius 2 is 1.95 bits per heavy atom. The van der Waals surface area contributed by atoms with Crippen LogP contribution in [-0.2, 0) is 9.53 Å². The fourth-order valence-corrected chi connectivity index (χ4v) is 5.82. The van der Waals surface area contributed by atoms with Gasteiger partial charge >= 0.3 is 5.97 Å². The molecule has 0 amide bonds. The standard InChI is InChI=1S/C29H25ClN4O6S/c1-5-39-28(36)25-16(2)31-29-33(26(25)17-6-9-19(10-7-17)32(3)4)27(35)24(41-29)15-20-11-13-23(40-20)21-12-8-18(30)14-22(21)34(37)38/h6-15,26H,5H2,1-4H3/b24-15-. The molecule has 1 aliphatic heterocycles. The van der Waals surface area contributed by atoms with E-state index in [-0.39, 0.29) is 34.2 Å². The molecular formula is C29H25ClN4O6S. The molecule has 0 radical (unpaired) electrons. The summed E-state index contributed by atoms with van der Waals surface area (Å²) in [7, 11) is 3.86. The number of carbonyl (C=O) groups is 1. The van der Waals surface area contributed by atoms with E-state index in [1.165, 1.54) is 16.7 Å². The number of nitro benzene ring substituents is 1. The van der Waals surface area contributed by atoms with Gasteiger partial charge in [0, 0.05) is 36.9 Å². The van der Waals surface area contributed by atoms with Crippen molar-refractivity contribution in [3.8, 4) is 11.3 Å². The SMILES string of the molecule is CCOC(=O)C1=C(C)N=c2s/c(=C\c3ccc(-c4ccc(Cl)cc4[N+](=O)[O-])o3)c(=O)n2C1c1ccc(N(C)C)cc1. The number of carbonyl (C=O) groups excluding carboxylic acids is 1. The fraction of sp³-hybridized carbons (Fsp3) is 0.207. The predicted octanol–water partition coefficient (Wildman–Crippen LogP) is 4.69. The Morgan fingerprint density at radius 1 is 1.22 bits per heavy atom. The maximum absolute atomic E-state index is 13.8. The average molecular weight is 593 g/mol. The van der Waals surface area contributed by atoms with Crippen LogP contribution in [0.25, 0.3) is 17.4 Å². The number of hydrogen-bond acceptors (Lipinski definition) is 9. The van der Waals surface area contributed by atoms with Gasteiger partial charge in [-0.1, -0.05) is 35.1 Å². The highest BCUT2D eigenvalue weighted by molar-refractivity contribution is 7.07. The summed E-state index contributed by atoms with van der Waals surface area (Å²) in [6.07, 6.45) is 1.56. The van der Waals surface area contributed by atoms with Gasteiger partial charge in [0.05, 0.1) is 38.9 Å². The lowest BCUT2D eigenvalue weighted by molar-refractivity contribution is -0.384. The molecule has 0 N–H and O–H groups in total. The Morgan fingerprint density at radius 3 is 2.61 bits per heavy atom. The van der Waals surface area contributed by atoms with E-state index in [1.807, 2.05) is 43.3 Å². The van der Waals surface area contributed by atoms with Crippen LogP contribution in [0.5, 0.6) is 0 Å². The number of rotatable bonds is 7. The van der Waals surface area contributed by atoms with Gasteiger partial charge in [0.15, 0.2) is 4.80 Å². The molecule has 0 spiro atoms. The van der Waals surface area contributed by atoms with Crippen LogP contribution in [0.2, 0.25) is 5.02 Å². The van der Waals surface area contributed by atoms with E-state index in [2.05, 4.69) is 4.99 Å². The molecule has 0 bridgehead atoms. The molecule has 4 aromatic rings. The van der Waals surface area contributed by atoms with E-state index >= 15 is 0 Å². The number of ether oxygens (including phenoxy) is 1. The third-order valence-corrected chi connectivity index (χ3v) is 7.78. The van der Waals surface area contributed by atoms with Crippen LogP contribution in [0, 0.1) is 10.1 Å². The highest BCUT2D eigenvalue weighted by atomic mass is 35.5. The maximum atomic E-state index is 13.8. The molecule has 1 atom stereocenters. The molecule has 2 aromatic heterocycles. The number of allylic oxidation sites excluding steroid dienone is 1. The predicted molar refractivity (Wildman–Crippen MR) is 157 cm³/mol. The van der Waals surface area contributed by atoms with Crippen molar-refractivity contribution in [3.05, 3.63) is 112 Å². The number of benzene rings is 2.